The molecular formula is C19H18N4O3S. The Morgan fingerprint density at radius 3 is 2.70 bits per heavy atom. The van der Waals surface area contributed by atoms with Crippen LogP contribution in [0.3, 0.4) is 0 Å². The number of fused-ring (bicyclic) bond motifs is 1. The number of hydrogen-bond acceptors (Lipinski definition) is 6. The second-order valence-electron chi connectivity index (χ2n) is 6.48. The van der Waals surface area contributed by atoms with E-state index in [0.717, 1.165) is 41.8 Å². The van der Waals surface area contributed by atoms with Gasteiger partial charge in [0.15, 0.2) is 0 Å². The molecule has 27 heavy (non-hydrogen) atoms. The number of carboxylic acid groups (broad SMARTS) is 1. The van der Waals surface area contributed by atoms with E-state index in [0.29, 0.717) is 10.6 Å². The Morgan fingerprint density at radius 1 is 1.19 bits per heavy atom. The average Bonchev–Trinajstić information content (AvgIpc) is 3.12. The minimum atomic E-state index is -0.934. The van der Waals surface area contributed by atoms with Gasteiger partial charge in [-0.25, -0.2) is 9.78 Å². The third kappa shape index (κ3) is 3.75. The highest BCUT2D eigenvalue weighted by molar-refractivity contribution is 7.20. The first-order valence-corrected chi connectivity index (χ1v) is 9.50. The van der Waals surface area contributed by atoms with Crippen LogP contribution in [0, 0.1) is 5.92 Å². The number of carboxylic acids is 1. The molecule has 0 spiro atoms. The van der Waals surface area contributed by atoms with Gasteiger partial charge in [-0.15, -0.1) is 11.3 Å². The molecule has 2 N–H and O–H groups in total. The Hall–Kier alpha value is -3.00. The molecule has 1 saturated heterocycles. The van der Waals surface area contributed by atoms with Gasteiger partial charge in [-0.05, 0) is 42.5 Å². The number of anilines is 2. The van der Waals surface area contributed by atoms with Gasteiger partial charge in [-0.2, -0.15) is 0 Å². The van der Waals surface area contributed by atoms with Gasteiger partial charge in [0.05, 0.1) is 6.20 Å². The van der Waals surface area contributed by atoms with Crippen molar-refractivity contribution >= 4 is 44.8 Å². The highest BCUT2D eigenvalue weighted by atomic mass is 32.1. The van der Waals surface area contributed by atoms with Crippen LogP contribution in [0.15, 0.2) is 42.9 Å². The molecule has 7 nitrogen and oxygen atoms in total. The summed E-state index contributed by atoms with van der Waals surface area (Å²) in [6.45, 7) is 1.53. The Morgan fingerprint density at radius 2 is 2.00 bits per heavy atom. The summed E-state index contributed by atoms with van der Waals surface area (Å²) in [4.78, 5) is 34.5. The maximum atomic E-state index is 12.6. The quantitative estimate of drug-likeness (QED) is 0.719. The number of hydrogen-bond donors (Lipinski definition) is 2. The van der Waals surface area contributed by atoms with Gasteiger partial charge >= 0.3 is 5.97 Å². The molecule has 1 fully saturated rings. The van der Waals surface area contributed by atoms with Crippen molar-refractivity contribution in [2.45, 2.75) is 12.8 Å². The van der Waals surface area contributed by atoms with Crippen LogP contribution >= 0.6 is 11.3 Å². The standard InChI is InChI=1S/C19H18N4O3S/c24-18(12-3-7-23(8-4-12)17-11-20-5-6-21-17)22-14-1-2-15-13(9-14)10-16(27-15)19(25)26/h1-2,5-6,9-12H,3-4,7-8H2,(H,22,24)(H,25,26). The number of benzene rings is 1. The van der Waals surface area contributed by atoms with E-state index in [-0.39, 0.29) is 11.8 Å². The van der Waals surface area contributed by atoms with Crippen molar-refractivity contribution in [3.63, 3.8) is 0 Å². The summed E-state index contributed by atoms with van der Waals surface area (Å²) in [5, 5.41) is 12.9. The maximum Gasteiger partial charge on any atom is 0.345 e. The third-order valence-electron chi connectivity index (χ3n) is 4.73. The number of rotatable bonds is 4. The van der Waals surface area contributed by atoms with Gasteiger partial charge in [0.1, 0.15) is 10.7 Å². The second-order valence-corrected chi connectivity index (χ2v) is 7.57. The second kappa shape index (κ2) is 7.32. The summed E-state index contributed by atoms with van der Waals surface area (Å²) in [7, 11) is 0. The summed E-state index contributed by atoms with van der Waals surface area (Å²) >= 11 is 1.23. The molecule has 3 heterocycles. The number of thiophene rings is 1. The van der Waals surface area contributed by atoms with Crippen LogP contribution in [0.5, 0.6) is 0 Å². The number of aromatic nitrogens is 2. The summed E-state index contributed by atoms with van der Waals surface area (Å²) in [5.41, 5.74) is 0.693. The number of nitrogens with one attached hydrogen (secondary N) is 1. The lowest BCUT2D eigenvalue weighted by Gasteiger charge is -2.31. The van der Waals surface area contributed by atoms with E-state index in [9.17, 15) is 9.59 Å². The molecule has 0 unspecified atom stereocenters. The number of aromatic carboxylic acids is 1. The van der Waals surface area contributed by atoms with Crippen molar-refractivity contribution in [3.8, 4) is 0 Å². The molecule has 0 atom stereocenters. The Kier molecular flexibility index (Phi) is 4.72. The zero-order chi connectivity index (χ0) is 18.8. The molecule has 0 radical (unpaired) electrons. The summed E-state index contributed by atoms with van der Waals surface area (Å²) in [6, 6.07) is 7.12. The van der Waals surface area contributed by atoms with E-state index in [1.807, 2.05) is 18.2 Å². The van der Waals surface area contributed by atoms with Crippen molar-refractivity contribution in [1.29, 1.82) is 0 Å². The fraction of sp³-hybridized carbons (Fsp3) is 0.263. The Labute approximate surface area is 159 Å². The van der Waals surface area contributed by atoms with Crippen molar-refractivity contribution in [3.05, 3.63) is 47.7 Å². The molecule has 2 aromatic heterocycles. The van der Waals surface area contributed by atoms with Gasteiger partial charge in [-0.3, -0.25) is 9.78 Å². The molecule has 138 valence electrons. The van der Waals surface area contributed by atoms with E-state index in [1.54, 1.807) is 24.7 Å². The van der Waals surface area contributed by atoms with Crippen LogP contribution in [0.1, 0.15) is 22.5 Å². The van der Waals surface area contributed by atoms with Gasteiger partial charge in [0.2, 0.25) is 5.91 Å². The molecule has 1 amide bonds. The van der Waals surface area contributed by atoms with Gasteiger partial charge in [-0.1, -0.05) is 0 Å². The molecular weight excluding hydrogens is 364 g/mol. The number of nitrogens with zero attached hydrogens (tertiary/aromatic N) is 3. The van der Waals surface area contributed by atoms with E-state index in [4.69, 9.17) is 5.11 Å². The smallest absolute Gasteiger partial charge is 0.345 e. The third-order valence-corrected chi connectivity index (χ3v) is 5.84. The minimum absolute atomic E-state index is 0.00170. The van der Waals surface area contributed by atoms with Gasteiger partial charge < -0.3 is 15.3 Å². The lowest BCUT2D eigenvalue weighted by molar-refractivity contribution is -0.120. The van der Waals surface area contributed by atoms with Crippen LogP contribution in [0.25, 0.3) is 10.1 Å². The summed E-state index contributed by atoms with van der Waals surface area (Å²) < 4.78 is 0.891. The van der Waals surface area contributed by atoms with Gasteiger partial charge in [0, 0.05) is 41.8 Å². The van der Waals surface area contributed by atoms with Crippen LogP contribution in [0.4, 0.5) is 11.5 Å². The van der Waals surface area contributed by atoms with Crippen LogP contribution < -0.4 is 10.2 Å². The first-order chi connectivity index (χ1) is 13.1. The van der Waals surface area contributed by atoms with Crippen LogP contribution in [-0.2, 0) is 4.79 Å². The fourth-order valence-electron chi connectivity index (χ4n) is 3.30. The largest absolute Gasteiger partial charge is 0.477 e. The highest BCUT2D eigenvalue weighted by Gasteiger charge is 2.25. The van der Waals surface area contributed by atoms with Crippen LogP contribution in [-0.4, -0.2) is 40.0 Å². The van der Waals surface area contributed by atoms with Crippen molar-refractivity contribution in [2.24, 2.45) is 5.92 Å². The minimum Gasteiger partial charge on any atom is -0.477 e. The van der Waals surface area contributed by atoms with Crippen LogP contribution in [0.2, 0.25) is 0 Å². The zero-order valence-electron chi connectivity index (χ0n) is 14.5. The monoisotopic (exact) mass is 382 g/mol. The average molecular weight is 382 g/mol. The molecule has 1 aliphatic rings. The van der Waals surface area contributed by atoms with Gasteiger partial charge in [0.25, 0.3) is 0 Å². The molecule has 1 aromatic carbocycles. The first-order valence-electron chi connectivity index (χ1n) is 8.69. The van der Waals surface area contributed by atoms with Crippen molar-refractivity contribution in [1.82, 2.24) is 9.97 Å². The van der Waals surface area contributed by atoms with E-state index in [1.165, 1.54) is 11.3 Å². The van der Waals surface area contributed by atoms with E-state index >= 15 is 0 Å². The molecule has 4 rings (SSSR count). The molecule has 0 bridgehead atoms. The summed E-state index contributed by atoms with van der Waals surface area (Å²) in [6.07, 6.45) is 6.57. The van der Waals surface area contributed by atoms with Crippen molar-refractivity contribution < 1.29 is 14.7 Å². The number of carbonyl (C=O) groups excluding carboxylic acids is 1. The molecule has 1 aliphatic heterocycles. The normalized spacial score (nSPS) is 15.0. The van der Waals surface area contributed by atoms with E-state index in [2.05, 4.69) is 20.2 Å². The topological polar surface area (TPSA) is 95.4 Å². The fourth-order valence-corrected chi connectivity index (χ4v) is 4.18. The lowest BCUT2D eigenvalue weighted by Crippen LogP contribution is -2.38. The molecule has 0 aliphatic carbocycles. The van der Waals surface area contributed by atoms with E-state index < -0.39 is 5.97 Å². The predicted octanol–water partition coefficient (Wildman–Crippen LogP) is 3.24. The zero-order valence-corrected chi connectivity index (χ0v) is 15.3. The summed E-state index contributed by atoms with van der Waals surface area (Å²) in [5.74, 6) is -0.141. The molecule has 3 aromatic rings. The van der Waals surface area contributed by atoms with Crippen molar-refractivity contribution in [2.75, 3.05) is 23.3 Å². The Bertz CT molecular complexity index is 981. The first kappa shape index (κ1) is 17.4. The number of carbonyl (C=O) groups is 2. The number of piperidine rings is 1. The molecule has 0 saturated carbocycles. The SMILES string of the molecule is O=C(O)c1cc2cc(NC(=O)C3CCN(c4cnccn4)CC3)ccc2s1. The number of amides is 1. The Balaban J connectivity index is 1.39. The lowest BCUT2D eigenvalue weighted by atomic mass is 9.96. The highest BCUT2D eigenvalue weighted by Crippen LogP contribution is 2.29. The molecule has 8 heteroatoms. The predicted molar refractivity (Wildman–Crippen MR) is 104 cm³/mol. The maximum absolute atomic E-state index is 12.6.